The quantitative estimate of drug-likeness (QED) is 0.528. The molecule has 3 N–H and O–H groups in total. The smallest absolute Gasteiger partial charge is 0.256 e. The van der Waals surface area contributed by atoms with Crippen LogP contribution in [-0.4, -0.2) is 56.1 Å². The van der Waals surface area contributed by atoms with Gasteiger partial charge in [0.2, 0.25) is 10.0 Å². The summed E-state index contributed by atoms with van der Waals surface area (Å²) in [5, 5.41) is 3.27. The van der Waals surface area contributed by atoms with Gasteiger partial charge in [0.05, 0.1) is 10.5 Å². The van der Waals surface area contributed by atoms with Crippen molar-refractivity contribution in [2.24, 2.45) is 5.73 Å². The second-order valence-electron chi connectivity index (χ2n) is 8.26. The van der Waals surface area contributed by atoms with Gasteiger partial charge in [0.25, 0.3) is 11.8 Å². The first-order valence-electron chi connectivity index (χ1n) is 11.2. The van der Waals surface area contributed by atoms with E-state index in [1.165, 1.54) is 39.9 Å². The Balaban J connectivity index is 1.79. The van der Waals surface area contributed by atoms with Gasteiger partial charge in [0.1, 0.15) is 5.00 Å². The summed E-state index contributed by atoms with van der Waals surface area (Å²) < 4.78 is 26.7. The number of primary amides is 1. The number of anilines is 1. The lowest BCUT2D eigenvalue weighted by molar-refractivity contribution is 0.1000. The minimum Gasteiger partial charge on any atom is -0.365 e. The molecule has 0 saturated carbocycles. The summed E-state index contributed by atoms with van der Waals surface area (Å²) in [7, 11) is -2.05. The van der Waals surface area contributed by atoms with Crippen LogP contribution in [0.15, 0.2) is 29.2 Å². The Labute approximate surface area is 199 Å². The molecule has 2 heterocycles. The average Bonchev–Trinajstić information content (AvgIpc) is 3.14. The van der Waals surface area contributed by atoms with Crippen molar-refractivity contribution in [2.45, 2.75) is 51.0 Å². The van der Waals surface area contributed by atoms with Crippen molar-refractivity contribution in [2.75, 3.05) is 32.0 Å². The first-order valence-corrected chi connectivity index (χ1v) is 13.5. The summed E-state index contributed by atoms with van der Waals surface area (Å²) in [5.41, 5.74) is 7.27. The highest BCUT2D eigenvalue weighted by Crippen LogP contribution is 2.37. The van der Waals surface area contributed by atoms with E-state index < -0.39 is 21.8 Å². The first kappa shape index (κ1) is 25.4. The van der Waals surface area contributed by atoms with Crippen LogP contribution in [0.4, 0.5) is 5.00 Å². The molecule has 33 heavy (non-hydrogen) atoms. The highest BCUT2D eigenvalue weighted by molar-refractivity contribution is 7.89. The van der Waals surface area contributed by atoms with Gasteiger partial charge in [-0.05, 0) is 55.6 Å². The molecule has 0 saturated heterocycles. The number of nitrogens with zero attached hydrogens (tertiary/aromatic N) is 2. The number of nitrogens with two attached hydrogens (primary N) is 1. The van der Waals surface area contributed by atoms with Crippen LogP contribution in [0.2, 0.25) is 0 Å². The lowest BCUT2D eigenvalue weighted by atomic mass is 10.0. The first-order chi connectivity index (χ1) is 15.7. The molecule has 2 aromatic rings. The summed E-state index contributed by atoms with van der Waals surface area (Å²) in [4.78, 5) is 28.6. The van der Waals surface area contributed by atoms with Crippen molar-refractivity contribution in [1.82, 2.24) is 9.21 Å². The summed E-state index contributed by atoms with van der Waals surface area (Å²) in [5.74, 6) is -0.965. The monoisotopic (exact) mass is 492 g/mol. The molecule has 10 heteroatoms. The van der Waals surface area contributed by atoms with Crippen molar-refractivity contribution in [3.63, 3.8) is 0 Å². The number of unbranched alkanes of at least 4 members (excludes halogenated alkanes) is 1. The normalized spacial score (nSPS) is 14.3. The van der Waals surface area contributed by atoms with E-state index in [1.54, 1.807) is 7.05 Å². The Kier molecular flexibility index (Phi) is 8.28. The van der Waals surface area contributed by atoms with Gasteiger partial charge in [-0.2, -0.15) is 0 Å². The van der Waals surface area contributed by atoms with Gasteiger partial charge in [0.15, 0.2) is 0 Å². The predicted molar refractivity (Wildman–Crippen MR) is 131 cm³/mol. The second-order valence-corrected chi connectivity index (χ2v) is 11.4. The molecule has 0 atom stereocenters. The number of benzene rings is 1. The molecule has 0 spiro atoms. The number of carbonyl (C=O) groups is 2. The lowest BCUT2D eigenvalue weighted by Gasteiger charge is -2.26. The van der Waals surface area contributed by atoms with E-state index in [2.05, 4.69) is 17.1 Å². The maximum absolute atomic E-state index is 12.9. The number of hydrogen-bond acceptors (Lipinski definition) is 6. The average molecular weight is 493 g/mol. The molecule has 180 valence electrons. The Morgan fingerprint density at radius 2 is 1.88 bits per heavy atom. The van der Waals surface area contributed by atoms with Gasteiger partial charge in [-0.3, -0.25) is 14.5 Å². The number of sulfonamides is 1. The Morgan fingerprint density at radius 3 is 2.48 bits per heavy atom. The van der Waals surface area contributed by atoms with Crippen molar-refractivity contribution in [3.8, 4) is 0 Å². The minimum absolute atomic E-state index is 0.137. The van der Waals surface area contributed by atoms with E-state index in [4.69, 9.17) is 5.73 Å². The van der Waals surface area contributed by atoms with E-state index in [0.29, 0.717) is 22.7 Å². The van der Waals surface area contributed by atoms with E-state index in [0.717, 1.165) is 55.8 Å². The van der Waals surface area contributed by atoms with Gasteiger partial charge in [0, 0.05) is 37.1 Å². The number of thiophene rings is 1. The highest BCUT2D eigenvalue weighted by atomic mass is 32.2. The lowest BCUT2D eigenvalue weighted by Crippen LogP contribution is -2.31. The SMILES string of the molecule is CCCCN(C)S(=O)(=O)c1ccc(C(=O)Nc2sc3c(c2C(N)=O)CCN(CCC)C3)cc1. The van der Waals surface area contributed by atoms with Crippen LogP contribution in [0, 0.1) is 0 Å². The van der Waals surface area contributed by atoms with Gasteiger partial charge in [-0.25, -0.2) is 12.7 Å². The molecular weight excluding hydrogens is 460 g/mol. The van der Waals surface area contributed by atoms with Gasteiger partial charge >= 0.3 is 0 Å². The molecule has 0 bridgehead atoms. The fourth-order valence-electron chi connectivity index (χ4n) is 3.95. The molecule has 2 amide bonds. The number of fused-ring (bicyclic) bond motifs is 1. The second kappa shape index (κ2) is 10.8. The van der Waals surface area contributed by atoms with Crippen molar-refractivity contribution < 1.29 is 18.0 Å². The number of carbonyl (C=O) groups excluding carboxylic acids is 2. The maximum Gasteiger partial charge on any atom is 0.256 e. The highest BCUT2D eigenvalue weighted by Gasteiger charge is 2.28. The number of amides is 2. The summed E-state index contributed by atoms with van der Waals surface area (Å²) in [6.07, 6.45) is 3.44. The van der Waals surface area contributed by atoms with E-state index in [9.17, 15) is 18.0 Å². The fourth-order valence-corrected chi connectivity index (χ4v) is 6.45. The molecule has 1 aliphatic heterocycles. The molecule has 0 fully saturated rings. The van der Waals surface area contributed by atoms with Crippen LogP contribution >= 0.6 is 11.3 Å². The molecule has 1 aromatic heterocycles. The number of nitrogens with one attached hydrogen (secondary N) is 1. The molecular formula is C23H32N4O4S2. The third kappa shape index (κ3) is 5.63. The summed E-state index contributed by atoms with van der Waals surface area (Å²) in [6, 6.07) is 5.83. The van der Waals surface area contributed by atoms with Crippen LogP contribution in [0.3, 0.4) is 0 Å². The molecule has 3 rings (SSSR count). The third-order valence-electron chi connectivity index (χ3n) is 5.80. The largest absolute Gasteiger partial charge is 0.365 e. The van der Waals surface area contributed by atoms with Gasteiger partial charge in [-0.1, -0.05) is 20.3 Å². The van der Waals surface area contributed by atoms with Crippen LogP contribution in [0.5, 0.6) is 0 Å². The topological polar surface area (TPSA) is 113 Å². The van der Waals surface area contributed by atoms with E-state index in [-0.39, 0.29) is 4.90 Å². The summed E-state index contributed by atoms with van der Waals surface area (Å²) >= 11 is 1.38. The molecule has 8 nitrogen and oxygen atoms in total. The maximum atomic E-state index is 12.9. The Hall–Kier alpha value is -2.27. The van der Waals surface area contributed by atoms with E-state index in [1.807, 2.05) is 6.92 Å². The van der Waals surface area contributed by atoms with Crippen molar-refractivity contribution >= 4 is 38.2 Å². The minimum atomic E-state index is -3.60. The zero-order chi connectivity index (χ0) is 24.2. The molecule has 0 unspecified atom stereocenters. The fraction of sp³-hybridized carbons (Fsp3) is 0.478. The van der Waals surface area contributed by atoms with E-state index >= 15 is 0 Å². The van der Waals surface area contributed by atoms with Gasteiger partial charge in [-0.15, -0.1) is 11.3 Å². The van der Waals surface area contributed by atoms with Crippen LogP contribution in [-0.2, 0) is 23.0 Å². The standard InChI is InChI=1S/C23H32N4O4S2/c1-4-6-13-26(3)33(30,31)17-9-7-16(8-10-17)22(29)25-23-20(21(24)28)18-11-14-27(12-5-2)15-19(18)32-23/h7-10H,4-6,11-15H2,1-3H3,(H2,24,28)(H,25,29). The third-order valence-corrected chi connectivity index (χ3v) is 8.80. The Bertz CT molecular complexity index is 1110. The zero-order valence-electron chi connectivity index (χ0n) is 19.4. The van der Waals surface area contributed by atoms with Crippen molar-refractivity contribution in [3.05, 3.63) is 45.8 Å². The van der Waals surface area contributed by atoms with Crippen LogP contribution in [0.25, 0.3) is 0 Å². The Morgan fingerprint density at radius 1 is 1.18 bits per heavy atom. The number of rotatable bonds is 10. The van der Waals surface area contributed by atoms with Crippen LogP contribution < -0.4 is 11.1 Å². The zero-order valence-corrected chi connectivity index (χ0v) is 21.0. The van der Waals surface area contributed by atoms with Gasteiger partial charge < -0.3 is 11.1 Å². The molecule has 1 aliphatic rings. The van der Waals surface area contributed by atoms with Crippen LogP contribution in [0.1, 0.15) is 64.3 Å². The molecule has 0 radical (unpaired) electrons. The summed E-state index contributed by atoms with van der Waals surface area (Å²) in [6.45, 7) is 7.15. The predicted octanol–water partition coefficient (Wildman–Crippen LogP) is 3.29. The van der Waals surface area contributed by atoms with Crippen molar-refractivity contribution in [1.29, 1.82) is 0 Å². The molecule has 1 aromatic carbocycles. The number of hydrogen-bond donors (Lipinski definition) is 2. The molecule has 0 aliphatic carbocycles.